The highest BCUT2D eigenvalue weighted by atomic mass is 16.1. The average molecular weight is 479 g/mol. The smallest absolute Gasteiger partial charge is 0.210 e. The second-order valence-corrected chi connectivity index (χ2v) is 9.83. The lowest BCUT2D eigenvalue weighted by atomic mass is 9.93. The standard InChI is InChI=1S/C29H30N6O/c1-6-19-10-8-9-18(3)26(19)24-14-25(34(5)17-36)27-33-22-12-11-20(13-23(22)35(24)27)21-15-31-28(32-16-21)29(4,30)7-2/h1,8-13,15-17,24-25H,7,14,30H2,2-5H3. The molecule has 0 radical (unpaired) electrons. The third kappa shape index (κ3) is 3.75. The fourth-order valence-electron chi connectivity index (χ4n) is 5.12. The summed E-state index contributed by atoms with van der Waals surface area (Å²) in [7, 11) is 1.80. The van der Waals surface area contributed by atoms with E-state index >= 15 is 0 Å². The Morgan fingerprint density at radius 2 is 2.00 bits per heavy atom. The molecule has 2 aromatic carbocycles. The average Bonchev–Trinajstić information content (AvgIpc) is 3.45. The van der Waals surface area contributed by atoms with E-state index in [4.69, 9.17) is 17.1 Å². The largest absolute Gasteiger partial charge is 0.338 e. The van der Waals surface area contributed by atoms with Gasteiger partial charge in [0.15, 0.2) is 0 Å². The summed E-state index contributed by atoms with van der Waals surface area (Å²) in [4.78, 5) is 27.5. The molecule has 1 aliphatic rings. The van der Waals surface area contributed by atoms with Gasteiger partial charge in [0, 0.05) is 37.0 Å². The van der Waals surface area contributed by atoms with Crippen LogP contribution in [-0.2, 0) is 10.3 Å². The van der Waals surface area contributed by atoms with Crippen molar-refractivity contribution in [2.45, 2.75) is 51.2 Å². The van der Waals surface area contributed by atoms with Crippen molar-refractivity contribution in [2.24, 2.45) is 5.73 Å². The molecule has 1 aliphatic heterocycles. The third-order valence-corrected chi connectivity index (χ3v) is 7.47. The summed E-state index contributed by atoms with van der Waals surface area (Å²) in [6.45, 7) is 6.04. The number of aryl methyl sites for hydroxylation is 1. The molecule has 0 saturated heterocycles. The van der Waals surface area contributed by atoms with Gasteiger partial charge in [0.25, 0.3) is 0 Å². The Kier molecular flexibility index (Phi) is 5.85. The third-order valence-electron chi connectivity index (χ3n) is 7.47. The predicted molar refractivity (Wildman–Crippen MR) is 141 cm³/mol. The van der Waals surface area contributed by atoms with Gasteiger partial charge in [0.1, 0.15) is 11.6 Å². The van der Waals surface area contributed by atoms with Crippen molar-refractivity contribution in [2.75, 3.05) is 7.05 Å². The first-order valence-corrected chi connectivity index (χ1v) is 12.2. The normalized spacial score (nSPS) is 18.4. The zero-order chi connectivity index (χ0) is 25.6. The number of benzene rings is 2. The van der Waals surface area contributed by atoms with E-state index in [1.165, 1.54) is 0 Å². The van der Waals surface area contributed by atoms with Crippen LogP contribution in [0, 0.1) is 19.3 Å². The summed E-state index contributed by atoms with van der Waals surface area (Å²) in [6, 6.07) is 12.0. The van der Waals surface area contributed by atoms with Crippen LogP contribution in [0.25, 0.3) is 22.2 Å². The van der Waals surface area contributed by atoms with Crippen LogP contribution in [0.2, 0.25) is 0 Å². The molecular formula is C29H30N6O. The summed E-state index contributed by atoms with van der Waals surface area (Å²) in [5.41, 5.74) is 12.6. The molecule has 3 unspecified atom stereocenters. The monoisotopic (exact) mass is 478 g/mol. The number of carbonyl (C=O) groups is 1. The fraction of sp³-hybridized carbons (Fsp3) is 0.310. The van der Waals surface area contributed by atoms with Crippen LogP contribution >= 0.6 is 0 Å². The minimum atomic E-state index is -0.566. The van der Waals surface area contributed by atoms with Gasteiger partial charge in [-0.15, -0.1) is 6.42 Å². The Balaban J connectivity index is 1.67. The van der Waals surface area contributed by atoms with Gasteiger partial charge < -0.3 is 15.2 Å². The van der Waals surface area contributed by atoms with Crippen molar-refractivity contribution < 1.29 is 4.79 Å². The minimum absolute atomic E-state index is 0.0407. The Hall–Kier alpha value is -4.02. The molecule has 4 aromatic rings. The topological polar surface area (TPSA) is 89.9 Å². The molecule has 0 saturated carbocycles. The van der Waals surface area contributed by atoms with Crippen LogP contribution in [0.1, 0.15) is 67.1 Å². The maximum Gasteiger partial charge on any atom is 0.210 e. The second kappa shape index (κ2) is 8.89. The predicted octanol–water partition coefficient (Wildman–Crippen LogP) is 4.49. The van der Waals surface area contributed by atoms with Crippen LogP contribution in [0.5, 0.6) is 0 Å². The van der Waals surface area contributed by atoms with Gasteiger partial charge in [-0.25, -0.2) is 15.0 Å². The van der Waals surface area contributed by atoms with Gasteiger partial charge in [-0.3, -0.25) is 4.79 Å². The number of fused-ring (bicyclic) bond motifs is 3. The molecule has 2 aromatic heterocycles. The molecule has 0 spiro atoms. The van der Waals surface area contributed by atoms with Gasteiger partial charge in [-0.1, -0.05) is 31.0 Å². The summed E-state index contributed by atoms with van der Waals surface area (Å²) in [5.74, 6) is 4.35. The lowest BCUT2D eigenvalue weighted by Gasteiger charge is -2.21. The number of hydrogen-bond donors (Lipinski definition) is 1. The lowest BCUT2D eigenvalue weighted by Crippen LogP contribution is -2.34. The summed E-state index contributed by atoms with van der Waals surface area (Å²) in [6.07, 6.45) is 11.9. The molecule has 3 atom stereocenters. The Bertz CT molecular complexity index is 1490. The van der Waals surface area contributed by atoms with Crippen molar-refractivity contribution >= 4 is 17.4 Å². The van der Waals surface area contributed by atoms with Gasteiger partial charge in [-0.05, 0) is 55.2 Å². The highest BCUT2D eigenvalue weighted by Gasteiger charge is 2.38. The Labute approximate surface area is 211 Å². The van der Waals surface area contributed by atoms with Crippen molar-refractivity contribution in [3.63, 3.8) is 0 Å². The molecule has 36 heavy (non-hydrogen) atoms. The number of nitrogens with zero attached hydrogens (tertiary/aromatic N) is 5. The van der Waals surface area contributed by atoms with E-state index in [-0.39, 0.29) is 12.1 Å². The number of amides is 1. The van der Waals surface area contributed by atoms with E-state index in [0.717, 1.165) is 57.5 Å². The number of rotatable bonds is 6. The first-order valence-electron chi connectivity index (χ1n) is 12.2. The molecular weight excluding hydrogens is 448 g/mol. The number of carbonyl (C=O) groups excluding carboxylic acids is 1. The first-order chi connectivity index (χ1) is 17.3. The van der Waals surface area contributed by atoms with E-state index < -0.39 is 5.54 Å². The van der Waals surface area contributed by atoms with E-state index in [1.807, 2.05) is 50.5 Å². The minimum Gasteiger partial charge on any atom is -0.338 e. The summed E-state index contributed by atoms with van der Waals surface area (Å²) in [5, 5.41) is 0. The number of imidazole rings is 1. The molecule has 0 fully saturated rings. The molecule has 182 valence electrons. The number of aromatic nitrogens is 4. The van der Waals surface area contributed by atoms with Crippen LogP contribution in [0.3, 0.4) is 0 Å². The van der Waals surface area contributed by atoms with Crippen LogP contribution in [0.15, 0.2) is 48.8 Å². The highest BCUT2D eigenvalue weighted by Crippen LogP contribution is 2.45. The molecule has 0 bridgehead atoms. The molecule has 5 rings (SSSR count). The van der Waals surface area contributed by atoms with Gasteiger partial charge >= 0.3 is 0 Å². The van der Waals surface area contributed by atoms with Crippen molar-refractivity contribution in [1.82, 2.24) is 24.4 Å². The Morgan fingerprint density at radius 3 is 2.67 bits per heavy atom. The lowest BCUT2D eigenvalue weighted by molar-refractivity contribution is -0.119. The SMILES string of the molecule is C#Cc1cccc(C)c1C1CC(N(C)C=O)c2nc3ccc(-c4cnc(C(C)(N)CC)nc4)cc3n21. The molecule has 3 heterocycles. The zero-order valence-corrected chi connectivity index (χ0v) is 21.1. The number of hydrogen-bond acceptors (Lipinski definition) is 5. The summed E-state index contributed by atoms with van der Waals surface area (Å²) >= 11 is 0. The quantitative estimate of drug-likeness (QED) is 0.326. The maximum atomic E-state index is 11.7. The van der Waals surface area contributed by atoms with E-state index in [2.05, 4.69) is 39.5 Å². The fourth-order valence-corrected chi connectivity index (χ4v) is 5.12. The second-order valence-electron chi connectivity index (χ2n) is 9.83. The van der Waals surface area contributed by atoms with Crippen molar-refractivity contribution in [1.29, 1.82) is 0 Å². The molecule has 0 aliphatic carbocycles. The molecule has 7 nitrogen and oxygen atoms in total. The molecule has 1 amide bonds. The van der Waals surface area contributed by atoms with E-state index in [0.29, 0.717) is 12.2 Å². The molecule has 7 heteroatoms. The zero-order valence-electron chi connectivity index (χ0n) is 21.1. The van der Waals surface area contributed by atoms with E-state index in [1.54, 1.807) is 11.9 Å². The highest BCUT2D eigenvalue weighted by molar-refractivity contribution is 5.83. The number of nitrogens with two attached hydrogens (primary N) is 1. The van der Waals surface area contributed by atoms with Crippen molar-refractivity contribution in [3.05, 3.63) is 77.1 Å². The van der Waals surface area contributed by atoms with Crippen LogP contribution in [-0.4, -0.2) is 37.9 Å². The number of terminal acetylenes is 1. The Morgan fingerprint density at radius 1 is 1.25 bits per heavy atom. The van der Waals surface area contributed by atoms with Gasteiger partial charge in [0.05, 0.1) is 28.7 Å². The molecule has 2 N–H and O–H groups in total. The van der Waals surface area contributed by atoms with Crippen molar-refractivity contribution in [3.8, 4) is 23.5 Å². The van der Waals surface area contributed by atoms with E-state index in [9.17, 15) is 4.79 Å². The van der Waals surface area contributed by atoms with Crippen LogP contribution < -0.4 is 5.73 Å². The summed E-state index contributed by atoms with van der Waals surface area (Å²) < 4.78 is 2.25. The maximum absolute atomic E-state index is 11.7. The van der Waals surface area contributed by atoms with Crippen LogP contribution in [0.4, 0.5) is 0 Å². The van der Waals surface area contributed by atoms with Gasteiger partial charge in [0.2, 0.25) is 6.41 Å². The van der Waals surface area contributed by atoms with Gasteiger partial charge in [-0.2, -0.15) is 0 Å². The first kappa shape index (κ1) is 23.7.